The predicted molar refractivity (Wildman–Crippen MR) is 91.7 cm³/mol. The zero-order valence-electron chi connectivity index (χ0n) is 13.8. The van der Waals surface area contributed by atoms with E-state index in [0.29, 0.717) is 10.7 Å². The molecule has 0 aliphatic rings. The Labute approximate surface area is 147 Å². The van der Waals surface area contributed by atoms with E-state index in [1.54, 1.807) is 14.0 Å². The van der Waals surface area contributed by atoms with Gasteiger partial charge in [0.05, 0.1) is 11.3 Å². The lowest BCUT2D eigenvalue weighted by molar-refractivity contribution is -0.114. The van der Waals surface area contributed by atoms with Gasteiger partial charge in [0, 0.05) is 19.7 Å². The minimum absolute atomic E-state index is 0.226. The predicted octanol–water partition coefficient (Wildman–Crippen LogP) is 2.63. The van der Waals surface area contributed by atoms with Crippen LogP contribution in [0.25, 0.3) is 0 Å². The number of esters is 1. The van der Waals surface area contributed by atoms with Gasteiger partial charge in [-0.1, -0.05) is 0 Å². The Kier molecular flexibility index (Phi) is 5.81. The van der Waals surface area contributed by atoms with Gasteiger partial charge in [-0.05, 0) is 36.7 Å². The molecule has 1 heterocycles. The third-order valence-electron chi connectivity index (χ3n) is 3.22. The minimum atomic E-state index is -0.809. The van der Waals surface area contributed by atoms with E-state index < -0.39 is 24.2 Å². The topological polar surface area (TPSA) is 97.4 Å². The smallest absolute Gasteiger partial charge is 0.343 e. The molecule has 2 aromatic rings. The van der Waals surface area contributed by atoms with Crippen molar-refractivity contribution in [2.75, 3.05) is 24.3 Å². The van der Waals surface area contributed by atoms with Gasteiger partial charge in [0.15, 0.2) is 6.61 Å². The standard InChI is InChI=1S/C16H16FN3O4S/c1-8-14(15(18-3)25-20-8)16(23)24-7-13(22)11-5-4-10(6-12(11)17)19-9(2)21/h4-6,18H,7H2,1-3H3,(H,19,21). The first-order valence-electron chi connectivity index (χ1n) is 7.25. The second-order valence-corrected chi connectivity index (χ2v) is 5.87. The van der Waals surface area contributed by atoms with Crippen LogP contribution in [0.4, 0.5) is 15.1 Å². The maximum Gasteiger partial charge on any atom is 0.343 e. The average Bonchev–Trinajstić information content (AvgIpc) is 2.92. The van der Waals surface area contributed by atoms with Crippen LogP contribution in [0.2, 0.25) is 0 Å². The average molecular weight is 365 g/mol. The van der Waals surface area contributed by atoms with Crippen molar-refractivity contribution in [2.24, 2.45) is 0 Å². The molecule has 9 heteroatoms. The minimum Gasteiger partial charge on any atom is -0.454 e. The number of rotatable bonds is 6. The SMILES string of the molecule is CNc1snc(C)c1C(=O)OCC(=O)c1ccc(NC(C)=O)cc1F. The van der Waals surface area contributed by atoms with Crippen LogP contribution in [0.1, 0.15) is 33.3 Å². The number of aromatic nitrogens is 1. The van der Waals surface area contributed by atoms with Crippen LogP contribution < -0.4 is 10.6 Å². The molecule has 0 aliphatic carbocycles. The molecule has 0 bridgehead atoms. The fourth-order valence-electron chi connectivity index (χ4n) is 2.08. The van der Waals surface area contributed by atoms with Gasteiger partial charge in [-0.2, -0.15) is 4.37 Å². The first-order valence-corrected chi connectivity index (χ1v) is 8.02. The highest BCUT2D eigenvalue weighted by Crippen LogP contribution is 2.24. The summed E-state index contributed by atoms with van der Waals surface area (Å²) in [5.74, 6) is -2.56. The summed E-state index contributed by atoms with van der Waals surface area (Å²) in [6, 6.07) is 3.65. The van der Waals surface area contributed by atoms with Gasteiger partial charge in [-0.15, -0.1) is 0 Å². The molecule has 0 fully saturated rings. The summed E-state index contributed by atoms with van der Waals surface area (Å²) in [7, 11) is 1.64. The lowest BCUT2D eigenvalue weighted by Gasteiger charge is -2.08. The maximum absolute atomic E-state index is 14.0. The number of hydrogen-bond acceptors (Lipinski definition) is 7. The Morgan fingerprint density at radius 2 is 2.04 bits per heavy atom. The molecule has 132 valence electrons. The number of ketones is 1. The summed E-state index contributed by atoms with van der Waals surface area (Å²) in [5, 5.41) is 5.76. The van der Waals surface area contributed by atoms with Gasteiger partial charge < -0.3 is 15.4 Å². The Hall–Kier alpha value is -2.81. The summed E-state index contributed by atoms with van der Waals surface area (Å²) in [5.41, 5.74) is 0.743. The Morgan fingerprint density at radius 3 is 2.64 bits per heavy atom. The molecule has 1 aromatic carbocycles. The van der Waals surface area contributed by atoms with E-state index in [1.807, 2.05) is 0 Å². The van der Waals surface area contributed by atoms with Crippen LogP contribution in [0.15, 0.2) is 18.2 Å². The highest BCUT2D eigenvalue weighted by molar-refractivity contribution is 7.10. The van der Waals surface area contributed by atoms with Crippen molar-refractivity contribution < 1.29 is 23.5 Å². The highest BCUT2D eigenvalue weighted by Gasteiger charge is 2.21. The number of carbonyl (C=O) groups excluding carboxylic acids is 3. The fourth-order valence-corrected chi connectivity index (χ4v) is 2.82. The number of ether oxygens (including phenoxy) is 1. The quantitative estimate of drug-likeness (QED) is 0.603. The normalized spacial score (nSPS) is 10.2. The number of aryl methyl sites for hydroxylation is 1. The number of benzene rings is 1. The van der Waals surface area contributed by atoms with Crippen LogP contribution in [0, 0.1) is 12.7 Å². The first-order chi connectivity index (χ1) is 11.8. The van der Waals surface area contributed by atoms with Crippen molar-refractivity contribution in [1.29, 1.82) is 0 Å². The fraction of sp³-hybridized carbons (Fsp3) is 0.250. The number of Topliss-reactive ketones (excluding diaryl/α,β-unsaturated/α-hetero) is 1. The number of carbonyl (C=O) groups is 3. The largest absolute Gasteiger partial charge is 0.454 e. The summed E-state index contributed by atoms with van der Waals surface area (Å²) in [6.45, 7) is 2.33. The third-order valence-corrected chi connectivity index (χ3v) is 4.17. The van der Waals surface area contributed by atoms with E-state index >= 15 is 0 Å². The molecule has 0 saturated heterocycles. The van der Waals surface area contributed by atoms with Gasteiger partial charge in [0.1, 0.15) is 16.4 Å². The zero-order chi connectivity index (χ0) is 18.6. The highest BCUT2D eigenvalue weighted by atomic mass is 32.1. The van der Waals surface area contributed by atoms with Crippen molar-refractivity contribution in [2.45, 2.75) is 13.8 Å². The molecular weight excluding hydrogens is 349 g/mol. The van der Waals surface area contributed by atoms with Crippen molar-refractivity contribution in [3.8, 4) is 0 Å². The molecule has 0 saturated carbocycles. The second-order valence-electron chi connectivity index (χ2n) is 5.10. The van der Waals surface area contributed by atoms with Crippen LogP contribution in [0.3, 0.4) is 0 Å². The first kappa shape index (κ1) is 18.5. The lowest BCUT2D eigenvalue weighted by Crippen LogP contribution is -2.16. The van der Waals surface area contributed by atoms with E-state index in [9.17, 15) is 18.8 Å². The molecule has 0 atom stereocenters. The van der Waals surface area contributed by atoms with Crippen LogP contribution in [0.5, 0.6) is 0 Å². The zero-order valence-corrected chi connectivity index (χ0v) is 14.6. The number of hydrogen-bond donors (Lipinski definition) is 2. The van der Waals surface area contributed by atoms with Crippen LogP contribution >= 0.6 is 11.5 Å². The molecule has 0 spiro atoms. The second kappa shape index (κ2) is 7.84. The third kappa shape index (κ3) is 4.38. The van der Waals surface area contributed by atoms with Gasteiger partial charge in [-0.25, -0.2) is 9.18 Å². The molecule has 0 unspecified atom stereocenters. The molecule has 2 N–H and O–H groups in total. The van der Waals surface area contributed by atoms with Gasteiger partial charge >= 0.3 is 5.97 Å². The van der Waals surface area contributed by atoms with Crippen molar-refractivity contribution in [3.63, 3.8) is 0 Å². The van der Waals surface area contributed by atoms with E-state index in [2.05, 4.69) is 15.0 Å². The summed E-state index contributed by atoms with van der Waals surface area (Å²) < 4.78 is 23.0. The molecule has 25 heavy (non-hydrogen) atoms. The lowest BCUT2D eigenvalue weighted by atomic mass is 10.1. The number of amides is 1. The maximum atomic E-state index is 14.0. The van der Waals surface area contributed by atoms with Crippen LogP contribution in [-0.2, 0) is 9.53 Å². The van der Waals surface area contributed by atoms with E-state index in [4.69, 9.17) is 4.74 Å². The summed E-state index contributed by atoms with van der Waals surface area (Å²) in [6.07, 6.45) is 0. The Balaban J connectivity index is 2.06. The molecule has 0 aliphatic heterocycles. The van der Waals surface area contributed by atoms with Gasteiger partial charge in [0.2, 0.25) is 11.7 Å². The monoisotopic (exact) mass is 365 g/mol. The Bertz CT molecular complexity index is 835. The molecule has 7 nitrogen and oxygen atoms in total. The van der Waals surface area contributed by atoms with E-state index in [-0.39, 0.29) is 22.7 Å². The number of nitrogens with one attached hydrogen (secondary N) is 2. The number of nitrogens with zero attached hydrogens (tertiary/aromatic N) is 1. The van der Waals surface area contributed by atoms with Crippen LogP contribution in [-0.4, -0.2) is 35.7 Å². The summed E-state index contributed by atoms with van der Waals surface area (Å²) in [4.78, 5) is 35.1. The Morgan fingerprint density at radius 1 is 1.32 bits per heavy atom. The van der Waals surface area contributed by atoms with Gasteiger partial charge in [-0.3, -0.25) is 9.59 Å². The van der Waals surface area contributed by atoms with E-state index in [1.165, 1.54) is 19.1 Å². The van der Waals surface area contributed by atoms with Gasteiger partial charge in [0.25, 0.3) is 0 Å². The molecule has 2 rings (SSSR count). The van der Waals surface area contributed by atoms with E-state index in [0.717, 1.165) is 17.6 Å². The molecular formula is C16H16FN3O4S. The molecule has 0 radical (unpaired) electrons. The van der Waals surface area contributed by atoms with Crippen molar-refractivity contribution in [1.82, 2.24) is 4.37 Å². The number of halogens is 1. The molecule has 1 aromatic heterocycles. The summed E-state index contributed by atoms with van der Waals surface area (Å²) >= 11 is 1.10. The number of anilines is 2. The van der Waals surface area contributed by atoms with Crippen molar-refractivity contribution >= 4 is 39.9 Å². The molecule has 1 amide bonds. The van der Waals surface area contributed by atoms with Crippen molar-refractivity contribution in [3.05, 3.63) is 40.8 Å².